The van der Waals surface area contributed by atoms with Crippen molar-refractivity contribution in [2.24, 2.45) is 0 Å². The summed E-state index contributed by atoms with van der Waals surface area (Å²) >= 11 is 0. The number of rotatable bonds is 5. The lowest BCUT2D eigenvalue weighted by atomic mass is 10.1. The van der Waals surface area contributed by atoms with E-state index in [1.54, 1.807) is 0 Å². The molecule has 0 amide bonds. The minimum Gasteiger partial charge on any atom is -0.484 e. The molecule has 0 radical (unpaired) electrons. The number of H-pyrrole nitrogens is 1. The summed E-state index contributed by atoms with van der Waals surface area (Å²) in [4.78, 5) is 0. The second-order valence-electron chi connectivity index (χ2n) is 4.44. The molecule has 0 bridgehead atoms. The second kappa shape index (κ2) is 6.39. The molecule has 1 N–H and O–H groups in total. The van der Waals surface area contributed by atoms with Crippen molar-refractivity contribution < 1.29 is 35.8 Å². The zero-order valence-electron chi connectivity index (χ0n) is 11.3. The first-order chi connectivity index (χ1) is 10.6. The van der Waals surface area contributed by atoms with Gasteiger partial charge < -0.3 is 9.47 Å². The van der Waals surface area contributed by atoms with Gasteiger partial charge in [0.15, 0.2) is 13.2 Å². The molecule has 0 fully saturated rings. The Labute approximate surface area is 126 Å². The number of nitrogens with one attached hydrogen (secondary N) is 1. The largest absolute Gasteiger partial charge is 0.484 e. The molecule has 10 heteroatoms. The van der Waals surface area contributed by atoms with E-state index in [1.165, 1.54) is 12.3 Å². The van der Waals surface area contributed by atoms with E-state index in [4.69, 9.17) is 0 Å². The van der Waals surface area contributed by atoms with Crippen LogP contribution in [0.3, 0.4) is 0 Å². The summed E-state index contributed by atoms with van der Waals surface area (Å²) in [6.45, 7) is -3.05. The third-order valence-corrected chi connectivity index (χ3v) is 2.54. The van der Waals surface area contributed by atoms with Crippen molar-refractivity contribution in [1.29, 1.82) is 0 Å². The van der Waals surface area contributed by atoms with Gasteiger partial charge in [-0.25, -0.2) is 0 Å². The van der Waals surface area contributed by atoms with Crippen LogP contribution >= 0.6 is 0 Å². The van der Waals surface area contributed by atoms with Crippen molar-refractivity contribution in [2.75, 3.05) is 13.2 Å². The molecule has 1 aromatic carbocycles. The van der Waals surface area contributed by atoms with E-state index in [9.17, 15) is 26.3 Å². The Hall–Kier alpha value is -2.39. The van der Waals surface area contributed by atoms with Crippen LogP contribution in [-0.2, 0) is 0 Å². The van der Waals surface area contributed by atoms with Gasteiger partial charge in [0.1, 0.15) is 11.5 Å². The normalized spacial score (nSPS) is 12.3. The summed E-state index contributed by atoms with van der Waals surface area (Å²) in [6.07, 6.45) is -7.73. The maximum atomic E-state index is 12.3. The molecular formula is C13H10F6N2O2. The maximum absolute atomic E-state index is 12.3. The zero-order chi connectivity index (χ0) is 17.1. The Morgan fingerprint density at radius 3 is 2.13 bits per heavy atom. The first-order valence-corrected chi connectivity index (χ1v) is 6.17. The van der Waals surface area contributed by atoms with Crippen LogP contribution in [0, 0.1) is 0 Å². The molecule has 0 aliphatic carbocycles. The molecule has 2 rings (SSSR count). The van der Waals surface area contributed by atoms with Crippen LogP contribution in [0.1, 0.15) is 0 Å². The fourth-order valence-electron chi connectivity index (χ4n) is 1.67. The number of aromatic amines is 1. The second-order valence-corrected chi connectivity index (χ2v) is 4.44. The van der Waals surface area contributed by atoms with Gasteiger partial charge in [-0.2, -0.15) is 31.4 Å². The maximum Gasteiger partial charge on any atom is 0.422 e. The van der Waals surface area contributed by atoms with Crippen LogP contribution in [0.5, 0.6) is 11.5 Å². The highest BCUT2D eigenvalue weighted by Gasteiger charge is 2.30. The molecule has 4 nitrogen and oxygen atoms in total. The summed E-state index contributed by atoms with van der Waals surface area (Å²) < 4.78 is 82.5. The van der Waals surface area contributed by atoms with Gasteiger partial charge >= 0.3 is 12.4 Å². The Morgan fingerprint density at radius 2 is 1.57 bits per heavy atom. The van der Waals surface area contributed by atoms with Crippen LogP contribution in [0.15, 0.2) is 30.5 Å². The minimum absolute atomic E-state index is 0.103. The Balaban J connectivity index is 2.25. The highest BCUT2D eigenvalue weighted by atomic mass is 19.4. The first kappa shape index (κ1) is 17.0. The van der Waals surface area contributed by atoms with E-state index >= 15 is 0 Å². The van der Waals surface area contributed by atoms with Crippen LogP contribution < -0.4 is 9.47 Å². The molecule has 0 saturated carbocycles. The number of hydrogen-bond donors (Lipinski definition) is 1. The number of ether oxygens (including phenoxy) is 2. The molecule has 1 heterocycles. The Kier molecular flexibility index (Phi) is 4.71. The predicted octanol–water partition coefficient (Wildman–Crippen LogP) is 3.96. The smallest absolute Gasteiger partial charge is 0.422 e. The fourth-order valence-corrected chi connectivity index (χ4v) is 1.67. The van der Waals surface area contributed by atoms with Crippen LogP contribution in [0.4, 0.5) is 26.3 Å². The van der Waals surface area contributed by atoms with E-state index in [0.717, 1.165) is 18.2 Å². The molecule has 126 valence electrons. The van der Waals surface area contributed by atoms with Gasteiger partial charge in [-0.05, 0) is 24.3 Å². The van der Waals surface area contributed by atoms with E-state index in [1.807, 2.05) is 0 Å². The molecule has 0 atom stereocenters. The quantitative estimate of drug-likeness (QED) is 0.838. The molecule has 0 aliphatic rings. The van der Waals surface area contributed by atoms with Gasteiger partial charge in [-0.15, -0.1) is 0 Å². The monoisotopic (exact) mass is 340 g/mol. The van der Waals surface area contributed by atoms with Gasteiger partial charge in [0.2, 0.25) is 0 Å². The minimum atomic E-state index is -4.54. The van der Waals surface area contributed by atoms with Gasteiger partial charge in [-0.1, -0.05) is 0 Å². The predicted molar refractivity (Wildman–Crippen MR) is 67.1 cm³/mol. The standard InChI is InChI=1S/C13H10F6N2O2/c14-12(15,16)6-22-8-1-2-11(23-7-13(17,18)19)9(5-8)10-3-4-20-21-10/h1-5H,6-7H2,(H,20,21). The molecule has 0 aliphatic heterocycles. The third kappa shape index (κ3) is 5.38. The van der Waals surface area contributed by atoms with E-state index in [0.29, 0.717) is 0 Å². The number of halogens is 6. The van der Waals surface area contributed by atoms with Crippen molar-refractivity contribution in [3.8, 4) is 22.8 Å². The molecule has 0 saturated heterocycles. The van der Waals surface area contributed by atoms with E-state index in [-0.39, 0.29) is 22.8 Å². The van der Waals surface area contributed by atoms with E-state index < -0.39 is 25.6 Å². The zero-order valence-corrected chi connectivity index (χ0v) is 11.3. The summed E-state index contributed by atoms with van der Waals surface area (Å²) in [6, 6.07) is 4.78. The summed E-state index contributed by atoms with van der Waals surface area (Å²) in [5.41, 5.74) is 0.381. The SMILES string of the molecule is FC(F)(F)COc1ccc(OCC(F)(F)F)c(-c2ccn[nH]2)c1. The number of hydrogen-bond acceptors (Lipinski definition) is 3. The van der Waals surface area contributed by atoms with Crippen molar-refractivity contribution in [1.82, 2.24) is 10.2 Å². The Morgan fingerprint density at radius 1 is 0.913 bits per heavy atom. The molecule has 2 aromatic rings. The molecule has 23 heavy (non-hydrogen) atoms. The first-order valence-electron chi connectivity index (χ1n) is 6.17. The van der Waals surface area contributed by atoms with Crippen molar-refractivity contribution in [2.45, 2.75) is 12.4 Å². The highest BCUT2D eigenvalue weighted by molar-refractivity contribution is 5.68. The third-order valence-electron chi connectivity index (χ3n) is 2.54. The lowest BCUT2D eigenvalue weighted by Crippen LogP contribution is -2.20. The number of alkyl halides is 6. The summed E-state index contributed by atoms with van der Waals surface area (Å²) in [5, 5.41) is 6.14. The summed E-state index contributed by atoms with van der Waals surface area (Å²) in [5.74, 6) is -0.322. The molecular weight excluding hydrogens is 330 g/mol. The number of nitrogens with zero attached hydrogens (tertiary/aromatic N) is 1. The highest BCUT2D eigenvalue weighted by Crippen LogP contribution is 2.34. The number of aromatic nitrogens is 2. The lowest BCUT2D eigenvalue weighted by Gasteiger charge is -2.15. The molecule has 1 aromatic heterocycles. The van der Waals surface area contributed by atoms with Crippen molar-refractivity contribution in [3.05, 3.63) is 30.5 Å². The summed E-state index contributed by atoms with van der Waals surface area (Å²) in [7, 11) is 0. The van der Waals surface area contributed by atoms with Gasteiger partial charge in [-0.3, -0.25) is 5.10 Å². The average Bonchev–Trinajstić information content (AvgIpc) is 2.95. The van der Waals surface area contributed by atoms with Gasteiger partial charge in [0.25, 0.3) is 0 Å². The van der Waals surface area contributed by atoms with Crippen LogP contribution in [0.25, 0.3) is 11.3 Å². The van der Waals surface area contributed by atoms with Gasteiger partial charge in [0, 0.05) is 11.8 Å². The molecule has 0 unspecified atom stereocenters. The van der Waals surface area contributed by atoms with Crippen LogP contribution in [-0.4, -0.2) is 35.8 Å². The molecule has 0 spiro atoms. The lowest BCUT2D eigenvalue weighted by molar-refractivity contribution is -0.154. The average molecular weight is 340 g/mol. The van der Waals surface area contributed by atoms with Crippen molar-refractivity contribution in [3.63, 3.8) is 0 Å². The van der Waals surface area contributed by atoms with Crippen molar-refractivity contribution >= 4 is 0 Å². The fraction of sp³-hybridized carbons (Fsp3) is 0.308. The topological polar surface area (TPSA) is 47.1 Å². The van der Waals surface area contributed by atoms with E-state index in [2.05, 4.69) is 19.7 Å². The van der Waals surface area contributed by atoms with Gasteiger partial charge in [0.05, 0.1) is 5.69 Å². The van der Waals surface area contributed by atoms with Crippen LogP contribution in [0.2, 0.25) is 0 Å². The Bertz CT molecular complexity index is 637. The number of benzene rings is 1.